The van der Waals surface area contributed by atoms with Crippen LogP contribution in [0.25, 0.3) is 0 Å². The van der Waals surface area contributed by atoms with E-state index < -0.39 is 12.2 Å². The zero-order chi connectivity index (χ0) is 14.7. The first-order valence-corrected chi connectivity index (χ1v) is 6.57. The second-order valence-electron chi connectivity index (χ2n) is 4.45. The molecule has 1 N–H and O–H groups in total. The van der Waals surface area contributed by atoms with Gasteiger partial charge in [0.2, 0.25) is 0 Å². The fourth-order valence-electron chi connectivity index (χ4n) is 1.96. The summed E-state index contributed by atoms with van der Waals surface area (Å²) in [5.74, 6) is 1.13. The molecular formula is C14H17ClN2O3. The predicted octanol–water partition coefficient (Wildman–Crippen LogP) is 2.58. The predicted molar refractivity (Wildman–Crippen MR) is 76.3 cm³/mol. The number of benzene rings is 1. The van der Waals surface area contributed by atoms with E-state index in [1.165, 1.54) is 7.11 Å². The molecule has 2 aromatic rings. The van der Waals surface area contributed by atoms with Gasteiger partial charge in [-0.05, 0) is 25.1 Å². The molecule has 0 aliphatic carbocycles. The Labute approximate surface area is 122 Å². The van der Waals surface area contributed by atoms with Crippen LogP contribution >= 0.6 is 11.6 Å². The van der Waals surface area contributed by atoms with Gasteiger partial charge in [-0.25, -0.2) is 0 Å². The molecule has 0 bridgehead atoms. The maximum atomic E-state index is 10.4. The molecule has 1 aromatic carbocycles. The summed E-state index contributed by atoms with van der Waals surface area (Å²) in [5.41, 5.74) is 0.571. The summed E-state index contributed by atoms with van der Waals surface area (Å²) in [6.07, 6.45) is 0.221. The minimum absolute atomic E-state index is 0.474. The van der Waals surface area contributed by atoms with Crippen LogP contribution in [0.15, 0.2) is 30.5 Å². The SMILES string of the molecule is COc1cnn(C)c1C(O)C(C)Oc1cccc(Cl)c1. The number of hydrogen-bond donors (Lipinski definition) is 1. The molecule has 0 aliphatic rings. The smallest absolute Gasteiger partial charge is 0.162 e. The summed E-state index contributed by atoms with van der Waals surface area (Å²) in [6, 6.07) is 7.04. The minimum Gasteiger partial charge on any atom is -0.493 e. The molecule has 1 heterocycles. The molecule has 0 saturated carbocycles. The van der Waals surface area contributed by atoms with E-state index in [4.69, 9.17) is 21.1 Å². The number of aryl methyl sites for hydroxylation is 1. The van der Waals surface area contributed by atoms with Crippen LogP contribution in [-0.4, -0.2) is 28.1 Å². The summed E-state index contributed by atoms with van der Waals surface area (Å²) >= 11 is 5.90. The van der Waals surface area contributed by atoms with Crippen LogP contribution in [0.3, 0.4) is 0 Å². The van der Waals surface area contributed by atoms with Crippen LogP contribution in [0.5, 0.6) is 11.5 Å². The fourth-order valence-corrected chi connectivity index (χ4v) is 2.14. The van der Waals surface area contributed by atoms with Crippen molar-refractivity contribution in [2.24, 2.45) is 7.05 Å². The average Bonchev–Trinajstić information content (AvgIpc) is 2.79. The highest BCUT2D eigenvalue weighted by Crippen LogP contribution is 2.29. The van der Waals surface area contributed by atoms with Crippen molar-refractivity contribution in [3.8, 4) is 11.5 Å². The van der Waals surface area contributed by atoms with Crippen molar-refractivity contribution in [2.45, 2.75) is 19.1 Å². The molecule has 0 radical (unpaired) electrons. The van der Waals surface area contributed by atoms with Crippen LogP contribution < -0.4 is 9.47 Å². The molecule has 6 heteroatoms. The third kappa shape index (κ3) is 3.05. The van der Waals surface area contributed by atoms with Gasteiger partial charge in [0.05, 0.1) is 13.3 Å². The van der Waals surface area contributed by atoms with Gasteiger partial charge in [-0.2, -0.15) is 5.10 Å². The van der Waals surface area contributed by atoms with Crippen molar-refractivity contribution in [1.82, 2.24) is 9.78 Å². The maximum absolute atomic E-state index is 10.4. The number of ether oxygens (including phenoxy) is 2. The molecule has 2 atom stereocenters. The standard InChI is InChI=1S/C14H17ClN2O3/c1-9(20-11-6-4-5-10(15)7-11)14(18)13-12(19-3)8-16-17(13)2/h4-9,14,18H,1-3H3. The highest BCUT2D eigenvalue weighted by molar-refractivity contribution is 6.30. The van der Waals surface area contributed by atoms with Gasteiger partial charge in [-0.3, -0.25) is 4.68 Å². The second-order valence-corrected chi connectivity index (χ2v) is 4.88. The van der Waals surface area contributed by atoms with E-state index in [1.807, 2.05) is 0 Å². The molecule has 0 aliphatic heterocycles. The van der Waals surface area contributed by atoms with Gasteiger partial charge in [-0.1, -0.05) is 17.7 Å². The first-order chi connectivity index (χ1) is 9.52. The highest BCUT2D eigenvalue weighted by Gasteiger charge is 2.25. The lowest BCUT2D eigenvalue weighted by Gasteiger charge is -2.21. The summed E-state index contributed by atoms with van der Waals surface area (Å²) in [6.45, 7) is 1.78. The van der Waals surface area contributed by atoms with Gasteiger partial charge in [-0.15, -0.1) is 0 Å². The quantitative estimate of drug-likeness (QED) is 0.921. The summed E-state index contributed by atoms with van der Waals surface area (Å²) in [5, 5.41) is 15.1. The van der Waals surface area contributed by atoms with Gasteiger partial charge in [0.15, 0.2) is 5.75 Å². The van der Waals surface area contributed by atoms with Crippen LogP contribution in [0.1, 0.15) is 18.7 Å². The van der Waals surface area contributed by atoms with E-state index >= 15 is 0 Å². The van der Waals surface area contributed by atoms with Gasteiger partial charge >= 0.3 is 0 Å². The van der Waals surface area contributed by atoms with Crippen molar-refractivity contribution in [3.05, 3.63) is 41.2 Å². The van der Waals surface area contributed by atoms with Gasteiger partial charge < -0.3 is 14.6 Å². The Morgan fingerprint density at radius 3 is 2.80 bits per heavy atom. The summed E-state index contributed by atoms with van der Waals surface area (Å²) in [7, 11) is 3.28. The number of aliphatic hydroxyl groups excluding tert-OH is 1. The Hall–Kier alpha value is -1.72. The zero-order valence-electron chi connectivity index (χ0n) is 11.6. The Morgan fingerprint density at radius 1 is 1.40 bits per heavy atom. The third-order valence-corrected chi connectivity index (χ3v) is 3.25. The van der Waals surface area contributed by atoms with Crippen molar-refractivity contribution in [2.75, 3.05) is 7.11 Å². The van der Waals surface area contributed by atoms with Gasteiger partial charge in [0.25, 0.3) is 0 Å². The Balaban J connectivity index is 2.16. The first-order valence-electron chi connectivity index (χ1n) is 6.19. The molecule has 0 saturated heterocycles. The number of methoxy groups -OCH3 is 1. The average molecular weight is 297 g/mol. The first kappa shape index (κ1) is 14.7. The van der Waals surface area contributed by atoms with Crippen LogP contribution in [-0.2, 0) is 7.05 Å². The van der Waals surface area contributed by atoms with Crippen molar-refractivity contribution >= 4 is 11.6 Å². The normalized spacial score (nSPS) is 13.8. The number of halogens is 1. The third-order valence-electron chi connectivity index (χ3n) is 3.01. The summed E-state index contributed by atoms with van der Waals surface area (Å²) < 4.78 is 12.5. The Morgan fingerprint density at radius 2 is 2.15 bits per heavy atom. The molecule has 108 valence electrons. The fraction of sp³-hybridized carbons (Fsp3) is 0.357. The largest absolute Gasteiger partial charge is 0.493 e. The summed E-state index contributed by atoms with van der Waals surface area (Å²) in [4.78, 5) is 0. The van der Waals surface area contributed by atoms with E-state index in [0.717, 1.165) is 0 Å². The number of aliphatic hydroxyl groups is 1. The molecule has 2 rings (SSSR count). The maximum Gasteiger partial charge on any atom is 0.162 e. The van der Waals surface area contributed by atoms with E-state index in [-0.39, 0.29) is 0 Å². The Kier molecular flexibility index (Phi) is 4.52. The molecule has 0 amide bonds. The molecule has 5 nitrogen and oxygen atoms in total. The topological polar surface area (TPSA) is 56.5 Å². The molecular weight excluding hydrogens is 280 g/mol. The lowest BCUT2D eigenvalue weighted by molar-refractivity contribution is 0.0396. The number of aromatic nitrogens is 2. The molecule has 1 aromatic heterocycles. The number of nitrogens with zero attached hydrogens (tertiary/aromatic N) is 2. The number of rotatable bonds is 5. The van der Waals surface area contributed by atoms with Gasteiger partial charge in [0.1, 0.15) is 23.7 Å². The Bertz CT molecular complexity index is 586. The van der Waals surface area contributed by atoms with Crippen molar-refractivity contribution < 1.29 is 14.6 Å². The van der Waals surface area contributed by atoms with Crippen LogP contribution in [0.4, 0.5) is 0 Å². The highest BCUT2D eigenvalue weighted by atomic mass is 35.5. The van der Waals surface area contributed by atoms with E-state index in [1.54, 1.807) is 49.1 Å². The van der Waals surface area contributed by atoms with E-state index in [9.17, 15) is 5.11 Å². The minimum atomic E-state index is -0.864. The van der Waals surface area contributed by atoms with Crippen molar-refractivity contribution in [1.29, 1.82) is 0 Å². The monoisotopic (exact) mass is 296 g/mol. The molecule has 0 spiro atoms. The lowest BCUT2D eigenvalue weighted by Crippen LogP contribution is -2.24. The van der Waals surface area contributed by atoms with E-state index in [2.05, 4.69) is 5.10 Å². The van der Waals surface area contributed by atoms with Crippen LogP contribution in [0, 0.1) is 0 Å². The van der Waals surface area contributed by atoms with E-state index in [0.29, 0.717) is 22.2 Å². The second kappa shape index (κ2) is 6.15. The lowest BCUT2D eigenvalue weighted by atomic mass is 10.1. The van der Waals surface area contributed by atoms with Gasteiger partial charge in [0, 0.05) is 12.1 Å². The van der Waals surface area contributed by atoms with Crippen LogP contribution in [0.2, 0.25) is 5.02 Å². The molecule has 20 heavy (non-hydrogen) atoms. The zero-order valence-corrected chi connectivity index (χ0v) is 12.3. The molecule has 2 unspecified atom stereocenters. The number of hydrogen-bond acceptors (Lipinski definition) is 4. The van der Waals surface area contributed by atoms with Crippen molar-refractivity contribution in [3.63, 3.8) is 0 Å². The molecule has 0 fully saturated rings.